The summed E-state index contributed by atoms with van der Waals surface area (Å²) in [5.74, 6) is -2.11. The van der Waals surface area contributed by atoms with E-state index in [1.807, 2.05) is 0 Å². The van der Waals surface area contributed by atoms with E-state index in [-0.39, 0.29) is 17.4 Å². The molecule has 172 valence electrons. The van der Waals surface area contributed by atoms with Crippen molar-refractivity contribution in [1.82, 2.24) is 15.5 Å². The fourth-order valence-electron chi connectivity index (χ4n) is 3.26. The van der Waals surface area contributed by atoms with Crippen molar-refractivity contribution < 1.29 is 31.5 Å². The van der Waals surface area contributed by atoms with Crippen molar-refractivity contribution in [1.29, 1.82) is 0 Å². The average molecular weight is 447 g/mol. The van der Waals surface area contributed by atoms with Crippen LogP contribution in [0.2, 0.25) is 0 Å². The quantitative estimate of drug-likeness (QED) is 0.451. The molecule has 0 aliphatic carbocycles. The van der Waals surface area contributed by atoms with Crippen molar-refractivity contribution in [3.63, 3.8) is 0 Å². The molecule has 0 radical (unpaired) electrons. The monoisotopic (exact) mass is 447 g/mol. The van der Waals surface area contributed by atoms with Gasteiger partial charge in [0.05, 0.1) is 6.42 Å². The second-order valence-electron chi connectivity index (χ2n) is 7.53. The van der Waals surface area contributed by atoms with Crippen LogP contribution in [0.3, 0.4) is 0 Å². The Morgan fingerprint density at radius 3 is 2.32 bits per heavy atom. The lowest BCUT2D eigenvalue weighted by atomic mass is 9.97. The summed E-state index contributed by atoms with van der Waals surface area (Å²) < 4.78 is 62.5. The maximum Gasteiger partial charge on any atom is 0.389 e. The van der Waals surface area contributed by atoms with E-state index >= 15 is 0 Å². The van der Waals surface area contributed by atoms with Crippen molar-refractivity contribution >= 4 is 17.9 Å². The van der Waals surface area contributed by atoms with Crippen LogP contribution in [0.5, 0.6) is 0 Å². The number of alkyl halides is 3. The number of nitrogens with zero attached hydrogens (tertiary/aromatic N) is 1. The number of amides is 2. The molecule has 0 atom stereocenters. The topological polar surface area (TPSA) is 61.4 Å². The Kier molecular flexibility index (Phi) is 9.42. The molecule has 1 aromatic carbocycles. The summed E-state index contributed by atoms with van der Waals surface area (Å²) >= 11 is 0. The van der Waals surface area contributed by atoms with Gasteiger partial charge in [0.1, 0.15) is 11.6 Å². The SMILES string of the molecule is O=C(/C=C/c1cc(F)cc(F)c1)NCC1CCN(CCNC(=O)CCC(F)(F)F)CC1. The Labute approximate surface area is 177 Å². The molecule has 0 saturated carbocycles. The molecule has 0 bridgehead atoms. The van der Waals surface area contributed by atoms with Crippen LogP contribution in [-0.4, -0.2) is 55.6 Å². The van der Waals surface area contributed by atoms with E-state index in [4.69, 9.17) is 0 Å². The summed E-state index contributed by atoms with van der Waals surface area (Å²) in [6.45, 7) is 2.85. The third-order valence-corrected chi connectivity index (χ3v) is 4.97. The molecule has 2 amide bonds. The van der Waals surface area contributed by atoms with Gasteiger partial charge in [-0.15, -0.1) is 0 Å². The summed E-state index contributed by atoms with van der Waals surface area (Å²) in [4.78, 5) is 25.4. The van der Waals surface area contributed by atoms with Crippen molar-refractivity contribution in [2.75, 3.05) is 32.7 Å². The number of carbonyl (C=O) groups is 2. The van der Waals surface area contributed by atoms with Gasteiger partial charge in [0.2, 0.25) is 11.8 Å². The Bertz CT molecular complexity index is 755. The van der Waals surface area contributed by atoms with Crippen molar-refractivity contribution in [2.45, 2.75) is 31.9 Å². The number of piperidine rings is 1. The molecule has 31 heavy (non-hydrogen) atoms. The first-order valence-electron chi connectivity index (χ1n) is 10.1. The zero-order valence-corrected chi connectivity index (χ0v) is 17.0. The summed E-state index contributed by atoms with van der Waals surface area (Å²) in [6, 6.07) is 3.01. The molecule has 1 fully saturated rings. The van der Waals surface area contributed by atoms with Crippen LogP contribution in [0.25, 0.3) is 6.08 Å². The fourth-order valence-corrected chi connectivity index (χ4v) is 3.26. The second kappa shape index (κ2) is 11.8. The standard InChI is InChI=1S/C21H26F5N3O2/c22-17-11-16(12-18(23)13-17)1-2-19(30)28-14-15-4-8-29(9-5-15)10-7-27-20(31)3-6-21(24,25)26/h1-2,11-13,15H,3-10,14H2,(H,27,31)(H,28,30)/b2-1+. The first-order valence-corrected chi connectivity index (χ1v) is 10.1. The first-order chi connectivity index (χ1) is 14.6. The van der Waals surface area contributed by atoms with Crippen molar-refractivity contribution in [3.8, 4) is 0 Å². The van der Waals surface area contributed by atoms with E-state index < -0.39 is 36.6 Å². The second-order valence-corrected chi connectivity index (χ2v) is 7.53. The maximum absolute atomic E-state index is 13.1. The summed E-state index contributed by atoms with van der Waals surface area (Å²) in [6.07, 6.45) is -1.78. The molecule has 5 nitrogen and oxygen atoms in total. The van der Waals surface area contributed by atoms with E-state index in [1.165, 1.54) is 12.2 Å². The molecule has 1 aliphatic rings. The van der Waals surface area contributed by atoms with Crippen LogP contribution < -0.4 is 10.6 Å². The van der Waals surface area contributed by atoms with Crippen LogP contribution in [0.15, 0.2) is 24.3 Å². The van der Waals surface area contributed by atoms with Crippen LogP contribution in [0.4, 0.5) is 22.0 Å². The lowest BCUT2D eigenvalue weighted by molar-refractivity contribution is -0.144. The Morgan fingerprint density at radius 2 is 1.71 bits per heavy atom. The number of nitrogens with one attached hydrogen (secondary N) is 2. The molecule has 0 unspecified atom stereocenters. The van der Waals surface area contributed by atoms with Gasteiger partial charge in [-0.25, -0.2) is 8.78 Å². The van der Waals surface area contributed by atoms with E-state index in [0.29, 0.717) is 19.6 Å². The number of carbonyl (C=O) groups excluding carboxylic acids is 2. The van der Waals surface area contributed by atoms with Gasteiger partial charge in [-0.3, -0.25) is 9.59 Å². The summed E-state index contributed by atoms with van der Waals surface area (Å²) in [5.41, 5.74) is 0.256. The predicted octanol–water partition coefficient (Wildman–Crippen LogP) is 3.26. The highest BCUT2D eigenvalue weighted by atomic mass is 19.4. The maximum atomic E-state index is 13.1. The minimum atomic E-state index is -4.33. The van der Waals surface area contributed by atoms with Gasteiger partial charge in [-0.05, 0) is 55.6 Å². The number of likely N-dealkylation sites (tertiary alicyclic amines) is 1. The molecular weight excluding hydrogens is 421 g/mol. The summed E-state index contributed by atoms with van der Waals surface area (Å²) in [5, 5.41) is 5.27. The van der Waals surface area contributed by atoms with Gasteiger partial charge in [-0.2, -0.15) is 13.2 Å². The molecule has 1 heterocycles. The van der Waals surface area contributed by atoms with Gasteiger partial charge in [0, 0.05) is 38.2 Å². The Morgan fingerprint density at radius 1 is 1.06 bits per heavy atom. The third kappa shape index (κ3) is 10.4. The van der Waals surface area contributed by atoms with Gasteiger partial charge in [0.25, 0.3) is 0 Å². The van der Waals surface area contributed by atoms with Gasteiger partial charge >= 0.3 is 6.18 Å². The molecule has 1 saturated heterocycles. The van der Waals surface area contributed by atoms with Crippen LogP contribution in [-0.2, 0) is 9.59 Å². The van der Waals surface area contributed by atoms with Gasteiger partial charge in [-0.1, -0.05) is 0 Å². The molecule has 0 aromatic heterocycles. The molecule has 1 aliphatic heterocycles. The highest BCUT2D eigenvalue weighted by Crippen LogP contribution is 2.21. The zero-order valence-electron chi connectivity index (χ0n) is 17.0. The molecule has 2 rings (SSSR count). The van der Waals surface area contributed by atoms with E-state index in [2.05, 4.69) is 15.5 Å². The van der Waals surface area contributed by atoms with Gasteiger partial charge < -0.3 is 15.5 Å². The molecule has 2 N–H and O–H groups in total. The smallest absolute Gasteiger partial charge is 0.355 e. The number of halogens is 5. The highest BCUT2D eigenvalue weighted by molar-refractivity contribution is 5.91. The highest BCUT2D eigenvalue weighted by Gasteiger charge is 2.27. The van der Waals surface area contributed by atoms with Crippen molar-refractivity contribution in [2.24, 2.45) is 5.92 Å². The van der Waals surface area contributed by atoms with Crippen LogP contribution in [0.1, 0.15) is 31.2 Å². The lowest BCUT2D eigenvalue weighted by Crippen LogP contribution is -2.41. The summed E-state index contributed by atoms with van der Waals surface area (Å²) in [7, 11) is 0. The molecule has 0 spiro atoms. The van der Waals surface area contributed by atoms with Crippen molar-refractivity contribution in [3.05, 3.63) is 41.5 Å². The lowest BCUT2D eigenvalue weighted by Gasteiger charge is -2.31. The third-order valence-electron chi connectivity index (χ3n) is 4.97. The molecular formula is C21H26F5N3O2. The number of hydrogen-bond acceptors (Lipinski definition) is 3. The van der Waals surface area contributed by atoms with Crippen LogP contribution >= 0.6 is 0 Å². The van der Waals surface area contributed by atoms with E-state index in [9.17, 15) is 31.5 Å². The minimum Gasteiger partial charge on any atom is -0.355 e. The fraction of sp³-hybridized carbons (Fsp3) is 0.524. The Balaban J connectivity index is 1.59. The molecule has 1 aromatic rings. The van der Waals surface area contributed by atoms with E-state index in [1.54, 1.807) is 0 Å². The number of rotatable bonds is 9. The average Bonchev–Trinajstić information content (AvgIpc) is 2.69. The zero-order chi connectivity index (χ0) is 22.9. The number of benzene rings is 1. The largest absolute Gasteiger partial charge is 0.389 e. The minimum absolute atomic E-state index is 0.256. The Hall–Kier alpha value is -2.49. The predicted molar refractivity (Wildman–Crippen MR) is 106 cm³/mol. The van der Waals surface area contributed by atoms with Crippen LogP contribution in [0, 0.1) is 17.6 Å². The number of hydrogen-bond donors (Lipinski definition) is 2. The first kappa shape index (κ1) is 24.8. The normalized spacial score (nSPS) is 15.9. The molecule has 10 heteroatoms. The van der Waals surface area contributed by atoms with Gasteiger partial charge in [0.15, 0.2) is 0 Å². The van der Waals surface area contributed by atoms with E-state index in [0.717, 1.165) is 44.1 Å².